The largest absolute Gasteiger partial charge is 0.478 e. The molecule has 6 nitrogen and oxygen atoms in total. The van der Waals surface area contributed by atoms with E-state index < -0.39 is 5.97 Å². The van der Waals surface area contributed by atoms with E-state index in [2.05, 4.69) is 15.6 Å². The van der Waals surface area contributed by atoms with E-state index in [1.54, 1.807) is 6.07 Å². The minimum Gasteiger partial charge on any atom is -0.478 e. The summed E-state index contributed by atoms with van der Waals surface area (Å²) < 4.78 is 0. The van der Waals surface area contributed by atoms with Gasteiger partial charge in [0.15, 0.2) is 0 Å². The molecule has 0 spiro atoms. The molecule has 1 fully saturated rings. The molecule has 6 heteroatoms. The van der Waals surface area contributed by atoms with E-state index >= 15 is 0 Å². The Morgan fingerprint density at radius 1 is 1.61 bits per heavy atom. The molecule has 1 aromatic heterocycles. The number of carboxylic acid groups (broad SMARTS) is 1. The molecule has 2 heterocycles. The van der Waals surface area contributed by atoms with E-state index in [0.717, 1.165) is 5.69 Å². The van der Waals surface area contributed by atoms with Crippen LogP contribution in [0.3, 0.4) is 0 Å². The van der Waals surface area contributed by atoms with E-state index in [1.165, 1.54) is 6.07 Å². The Morgan fingerprint density at radius 2 is 2.39 bits per heavy atom. The van der Waals surface area contributed by atoms with E-state index in [9.17, 15) is 9.59 Å². The fraction of sp³-hybridized carbons (Fsp3) is 0.417. The average Bonchev–Trinajstić information content (AvgIpc) is 2.74. The number of aromatic carboxylic acids is 1. The monoisotopic (exact) mass is 249 g/mol. The predicted octanol–water partition coefficient (Wildman–Crippen LogP) is 0.643. The second kappa shape index (κ2) is 5.03. The van der Waals surface area contributed by atoms with Crippen LogP contribution in [0.4, 0.5) is 5.82 Å². The minimum atomic E-state index is -0.976. The molecule has 1 aromatic rings. The number of hydrogen-bond acceptors (Lipinski definition) is 4. The molecular weight excluding hydrogens is 234 g/mol. The topological polar surface area (TPSA) is 91.3 Å². The molecule has 3 N–H and O–H groups in total. The van der Waals surface area contributed by atoms with Crippen LogP contribution in [0.1, 0.15) is 29.4 Å². The van der Waals surface area contributed by atoms with Crippen LogP contribution in [-0.4, -0.2) is 34.6 Å². The number of hydrogen-bond donors (Lipinski definition) is 3. The number of carbonyl (C=O) groups is 2. The van der Waals surface area contributed by atoms with Crippen LogP contribution < -0.4 is 10.6 Å². The predicted molar refractivity (Wildman–Crippen MR) is 65.6 cm³/mol. The van der Waals surface area contributed by atoms with E-state index in [1.807, 2.05) is 6.92 Å². The van der Waals surface area contributed by atoms with Crippen molar-refractivity contribution in [3.8, 4) is 0 Å². The van der Waals surface area contributed by atoms with Gasteiger partial charge in [-0.2, -0.15) is 0 Å². The van der Waals surface area contributed by atoms with Crippen LogP contribution in [-0.2, 0) is 11.2 Å². The molecule has 18 heavy (non-hydrogen) atoms. The molecule has 0 bridgehead atoms. The molecule has 1 amide bonds. The molecule has 1 unspecified atom stereocenters. The van der Waals surface area contributed by atoms with Crippen molar-refractivity contribution in [3.63, 3.8) is 0 Å². The van der Waals surface area contributed by atoms with Gasteiger partial charge >= 0.3 is 5.97 Å². The van der Waals surface area contributed by atoms with Crippen LogP contribution in [0, 0.1) is 0 Å². The zero-order valence-corrected chi connectivity index (χ0v) is 10.1. The Kier molecular flexibility index (Phi) is 3.45. The second-order valence-electron chi connectivity index (χ2n) is 4.24. The lowest BCUT2D eigenvalue weighted by molar-refractivity contribution is -0.119. The van der Waals surface area contributed by atoms with Crippen molar-refractivity contribution < 1.29 is 14.7 Å². The van der Waals surface area contributed by atoms with Crippen molar-refractivity contribution >= 4 is 17.7 Å². The van der Waals surface area contributed by atoms with Crippen molar-refractivity contribution in [2.45, 2.75) is 25.8 Å². The molecule has 1 saturated heterocycles. The molecule has 0 saturated carbocycles. The molecule has 0 aliphatic carbocycles. The number of aromatic nitrogens is 1. The van der Waals surface area contributed by atoms with Gasteiger partial charge in [-0.15, -0.1) is 0 Å². The van der Waals surface area contributed by atoms with Gasteiger partial charge in [0.1, 0.15) is 5.82 Å². The number of anilines is 1. The first-order valence-electron chi connectivity index (χ1n) is 5.86. The molecular formula is C12H15N3O3. The van der Waals surface area contributed by atoms with Crippen LogP contribution in [0.5, 0.6) is 0 Å². The van der Waals surface area contributed by atoms with Crippen molar-refractivity contribution in [3.05, 3.63) is 23.4 Å². The fourth-order valence-corrected chi connectivity index (χ4v) is 1.88. The number of aryl methyl sites for hydroxylation is 1. The summed E-state index contributed by atoms with van der Waals surface area (Å²) in [6.07, 6.45) is 1.05. The molecule has 1 atom stereocenters. The van der Waals surface area contributed by atoms with Gasteiger partial charge in [-0.05, 0) is 18.6 Å². The highest BCUT2D eigenvalue weighted by molar-refractivity contribution is 5.88. The Bertz CT molecular complexity index is 487. The highest BCUT2D eigenvalue weighted by atomic mass is 16.4. The average molecular weight is 249 g/mol. The van der Waals surface area contributed by atoms with Gasteiger partial charge in [0.05, 0.1) is 11.6 Å². The zero-order chi connectivity index (χ0) is 13.1. The number of nitrogens with zero attached hydrogens (tertiary/aromatic N) is 1. The van der Waals surface area contributed by atoms with Crippen molar-refractivity contribution in [1.82, 2.24) is 10.3 Å². The van der Waals surface area contributed by atoms with E-state index in [-0.39, 0.29) is 17.5 Å². The van der Waals surface area contributed by atoms with Crippen molar-refractivity contribution in [1.29, 1.82) is 0 Å². The highest BCUT2D eigenvalue weighted by Crippen LogP contribution is 2.14. The maximum absolute atomic E-state index is 11.1. The van der Waals surface area contributed by atoms with Crippen LogP contribution in [0.15, 0.2) is 12.1 Å². The highest BCUT2D eigenvalue weighted by Gasteiger charge is 2.21. The third-order valence-electron chi connectivity index (χ3n) is 2.82. The number of carboxylic acids is 1. The van der Waals surface area contributed by atoms with Gasteiger partial charge in [-0.1, -0.05) is 6.92 Å². The quantitative estimate of drug-likeness (QED) is 0.728. The lowest BCUT2D eigenvalue weighted by atomic mass is 10.2. The molecule has 1 aliphatic rings. The lowest BCUT2D eigenvalue weighted by Crippen LogP contribution is -2.23. The first kappa shape index (κ1) is 12.3. The summed E-state index contributed by atoms with van der Waals surface area (Å²) in [6.45, 7) is 2.46. The lowest BCUT2D eigenvalue weighted by Gasteiger charge is -2.12. The van der Waals surface area contributed by atoms with Gasteiger partial charge in [0, 0.05) is 18.7 Å². The third-order valence-corrected chi connectivity index (χ3v) is 2.82. The summed E-state index contributed by atoms with van der Waals surface area (Å²) in [4.78, 5) is 26.4. The Morgan fingerprint density at radius 3 is 2.94 bits per heavy atom. The van der Waals surface area contributed by atoms with Crippen LogP contribution in [0.2, 0.25) is 0 Å². The number of rotatable bonds is 4. The molecule has 96 valence electrons. The Hall–Kier alpha value is -2.11. The summed E-state index contributed by atoms with van der Waals surface area (Å²) in [5, 5.41) is 14.8. The van der Waals surface area contributed by atoms with E-state index in [4.69, 9.17) is 5.11 Å². The number of pyridine rings is 1. The van der Waals surface area contributed by atoms with Gasteiger partial charge in [-0.3, -0.25) is 4.79 Å². The van der Waals surface area contributed by atoms with Crippen LogP contribution >= 0.6 is 0 Å². The summed E-state index contributed by atoms with van der Waals surface area (Å²) in [6, 6.07) is 3.02. The van der Waals surface area contributed by atoms with E-state index in [0.29, 0.717) is 25.2 Å². The molecule has 0 radical (unpaired) electrons. The zero-order valence-electron chi connectivity index (χ0n) is 10.1. The van der Waals surface area contributed by atoms with Gasteiger partial charge in [0.2, 0.25) is 5.91 Å². The molecule has 2 rings (SSSR count). The summed E-state index contributed by atoms with van der Waals surface area (Å²) in [5.41, 5.74) is 0.927. The van der Waals surface area contributed by atoms with Crippen molar-refractivity contribution in [2.75, 3.05) is 11.9 Å². The first-order valence-corrected chi connectivity index (χ1v) is 5.86. The number of carbonyl (C=O) groups excluding carboxylic acids is 1. The molecule has 1 aliphatic heterocycles. The summed E-state index contributed by atoms with van der Waals surface area (Å²) >= 11 is 0. The Balaban J connectivity index is 2.18. The Labute approximate surface area is 104 Å². The number of amides is 1. The second-order valence-corrected chi connectivity index (χ2v) is 4.24. The minimum absolute atomic E-state index is 0.00222. The van der Waals surface area contributed by atoms with Gasteiger partial charge < -0.3 is 15.7 Å². The number of nitrogens with one attached hydrogen (secondary N) is 2. The van der Waals surface area contributed by atoms with Gasteiger partial charge in [0.25, 0.3) is 0 Å². The van der Waals surface area contributed by atoms with Crippen LogP contribution in [0.25, 0.3) is 0 Å². The normalized spacial score (nSPS) is 18.5. The first-order chi connectivity index (χ1) is 8.58. The fourth-order valence-electron chi connectivity index (χ4n) is 1.88. The van der Waals surface area contributed by atoms with Gasteiger partial charge in [-0.25, -0.2) is 9.78 Å². The summed E-state index contributed by atoms with van der Waals surface area (Å²) in [7, 11) is 0. The smallest absolute Gasteiger partial charge is 0.335 e. The standard InChI is InChI=1S/C12H15N3O3/c1-2-8-3-7(12(17)18)4-10(14-8)15-9-5-11(16)13-6-9/h3-4,9H,2,5-6H2,1H3,(H,13,16)(H,14,15)(H,17,18). The third kappa shape index (κ3) is 2.77. The van der Waals surface area contributed by atoms with Crippen molar-refractivity contribution in [2.24, 2.45) is 0 Å². The maximum atomic E-state index is 11.1. The summed E-state index contributed by atoms with van der Waals surface area (Å²) in [5.74, 6) is -0.471. The maximum Gasteiger partial charge on any atom is 0.335 e. The SMILES string of the molecule is CCc1cc(C(=O)O)cc(NC2CNC(=O)C2)n1. The molecule has 0 aromatic carbocycles.